The second-order valence-electron chi connectivity index (χ2n) is 2.85. The van der Waals surface area contributed by atoms with E-state index in [-0.39, 0.29) is 11.8 Å². The third-order valence-electron chi connectivity index (χ3n) is 1.96. The van der Waals surface area contributed by atoms with Crippen molar-refractivity contribution >= 4 is 5.91 Å². The normalized spacial score (nSPS) is 14.6. The summed E-state index contributed by atoms with van der Waals surface area (Å²) in [6.45, 7) is 5.98. The van der Waals surface area contributed by atoms with Gasteiger partial charge in [-0.1, -0.05) is 18.6 Å². The zero-order valence-corrected chi connectivity index (χ0v) is 7.55. The highest BCUT2D eigenvalue weighted by molar-refractivity contribution is 5.76. The number of carbonyl (C=O) groups excluding carboxylic acids is 1. The van der Waals surface area contributed by atoms with Gasteiger partial charge in [0.1, 0.15) is 0 Å². The third kappa shape index (κ3) is 3.81. The lowest BCUT2D eigenvalue weighted by molar-refractivity contribution is -0.121. The van der Waals surface area contributed by atoms with Crippen LogP contribution in [0.5, 0.6) is 0 Å². The van der Waals surface area contributed by atoms with E-state index in [0.717, 1.165) is 12.8 Å². The molecule has 2 N–H and O–H groups in total. The number of rotatable bonds is 4. The molecule has 0 saturated heterocycles. The van der Waals surface area contributed by atoms with Crippen LogP contribution in [0.1, 0.15) is 33.6 Å². The SMILES string of the molecule is CC=C(C)CC(CC)C(N)=O. The molecule has 1 unspecified atom stereocenters. The number of primary amides is 1. The summed E-state index contributed by atoms with van der Waals surface area (Å²) >= 11 is 0. The molecule has 0 spiro atoms. The molecule has 2 nitrogen and oxygen atoms in total. The molecular weight excluding hydrogens is 138 g/mol. The second-order valence-corrected chi connectivity index (χ2v) is 2.85. The van der Waals surface area contributed by atoms with Crippen LogP contribution in [0.25, 0.3) is 0 Å². The van der Waals surface area contributed by atoms with E-state index in [0.29, 0.717) is 0 Å². The molecule has 0 aromatic rings. The first-order chi connectivity index (χ1) is 5.11. The van der Waals surface area contributed by atoms with Gasteiger partial charge in [-0.25, -0.2) is 0 Å². The van der Waals surface area contributed by atoms with E-state index in [1.807, 2.05) is 26.8 Å². The molecule has 0 fully saturated rings. The van der Waals surface area contributed by atoms with Crippen molar-refractivity contribution in [1.82, 2.24) is 0 Å². The summed E-state index contributed by atoms with van der Waals surface area (Å²) < 4.78 is 0. The van der Waals surface area contributed by atoms with Crippen molar-refractivity contribution in [3.05, 3.63) is 11.6 Å². The molecule has 1 atom stereocenters. The maximum absolute atomic E-state index is 10.8. The average Bonchev–Trinajstić information content (AvgIpc) is 1.99. The van der Waals surface area contributed by atoms with Crippen LogP contribution in [0.4, 0.5) is 0 Å². The van der Waals surface area contributed by atoms with Crippen LogP contribution >= 0.6 is 0 Å². The lowest BCUT2D eigenvalue weighted by Crippen LogP contribution is -2.22. The molecule has 0 aromatic heterocycles. The molecule has 0 aliphatic rings. The molecule has 0 aliphatic heterocycles. The van der Waals surface area contributed by atoms with Crippen LogP contribution in [-0.2, 0) is 4.79 Å². The highest BCUT2D eigenvalue weighted by Crippen LogP contribution is 2.13. The Bertz CT molecular complexity index is 161. The van der Waals surface area contributed by atoms with E-state index in [9.17, 15) is 4.79 Å². The van der Waals surface area contributed by atoms with Gasteiger partial charge in [-0.15, -0.1) is 0 Å². The lowest BCUT2D eigenvalue weighted by atomic mass is 9.97. The molecular formula is C9H17NO. The van der Waals surface area contributed by atoms with Gasteiger partial charge < -0.3 is 5.73 Å². The van der Waals surface area contributed by atoms with E-state index in [1.54, 1.807) is 0 Å². The predicted octanol–water partition coefficient (Wildman–Crippen LogP) is 1.85. The van der Waals surface area contributed by atoms with Gasteiger partial charge in [0.05, 0.1) is 0 Å². The Kier molecular flexibility index (Phi) is 4.59. The van der Waals surface area contributed by atoms with Crippen molar-refractivity contribution in [2.45, 2.75) is 33.6 Å². The lowest BCUT2D eigenvalue weighted by Gasteiger charge is -2.09. The molecule has 0 aromatic carbocycles. The predicted molar refractivity (Wildman–Crippen MR) is 47.0 cm³/mol. The summed E-state index contributed by atoms with van der Waals surface area (Å²) in [6, 6.07) is 0. The highest BCUT2D eigenvalue weighted by atomic mass is 16.1. The van der Waals surface area contributed by atoms with Crippen LogP contribution in [0.2, 0.25) is 0 Å². The Labute approximate surface area is 68.5 Å². The summed E-state index contributed by atoms with van der Waals surface area (Å²) in [6.07, 6.45) is 3.66. The first-order valence-corrected chi connectivity index (χ1v) is 4.02. The minimum absolute atomic E-state index is 0.0196. The number of allylic oxidation sites excluding steroid dienone is 2. The fraction of sp³-hybridized carbons (Fsp3) is 0.667. The van der Waals surface area contributed by atoms with E-state index in [1.165, 1.54) is 5.57 Å². The van der Waals surface area contributed by atoms with Crippen LogP contribution < -0.4 is 5.73 Å². The number of nitrogens with two attached hydrogens (primary N) is 1. The largest absolute Gasteiger partial charge is 0.369 e. The van der Waals surface area contributed by atoms with Gasteiger partial charge in [-0.05, 0) is 26.7 Å². The van der Waals surface area contributed by atoms with Gasteiger partial charge in [0, 0.05) is 5.92 Å². The summed E-state index contributed by atoms with van der Waals surface area (Å²) in [7, 11) is 0. The van der Waals surface area contributed by atoms with Gasteiger partial charge in [-0.2, -0.15) is 0 Å². The summed E-state index contributed by atoms with van der Waals surface area (Å²) in [5.41, 5.74) is 6.42. The molecule has 0 radical (unpaired) electrons. The zero-order valence-electron chi connectivity index (χ0n) is 7.55. The van der Waals surface area contributed by atoms with Crippen LogP contribution in [0.3, 0.4) is 0 Å². The first kappa shape index (κ1) is 10.2. The maximum atomic E-state index is 10.8. The molecule has 0 saturated carbocycles. The number of amides is 1. The standard InChI is InChI=1S/C9H17NO/c1-4-7(3)6-8(5-2)9(10)11/h4,8H,5-6H2,1-3H3,(H2,10,11). The van der Waals surface area contributed by atoms with Crippen molar-refractivity contribution in [2.24, 2.45) is 11.7 Å². The van der Waals surface area contributed by atoms with Crippen molar-refractivity contribution < 1.29 is 4.79 Å². The molecule has 0 bridgehead atoms. The summed E-state index contributed by atoms with van der Waals surface area (Å²) in [5, 5.41) is 0. The Morgan fingerprint density at radius 2 is 2.18 bits per heavy atom. The Hall–Kier alpha value is -0.790. The van der Waals surface area contributed by atoms with Gasteiger partial charge in [0.2, 0.25) is 5.91 Å². The smallest absolute Gasteiger partial charge is 0.220 e. The van der Waals surface area contributed by atoms with Gasteiger partial charge >= 0.3 is 0 Å². The Morgan fingerprint density at radius 3 is 2.45 bits per heavy atom. The summed E-state index contributed by atoms with van der Waals surface area (Å²) in [5.74, 6) is -0.167. The molecule has 2 heteroatoms. The fourth-order valence-electron chi connectivity index (χ4n) is 0.953. The van der Waals surface area contributed by atoms with E-state index >= 15 is 0 Å². The monoisotopic (exact) mass is 155 g/mol. The maximum Gasteiger partial charge on any atom is 0.220 e. The van der Waals surface area contributed by atoms with Gasteiger partial charge in [0.15, 0.2) is 0 Å². The van der Waals surface area contributed by atoms with Crippen LogP contribution in [0, 0.1) is 5.92 Å². The molecule has 11 heavy (non-hydrogen) atoms. The van der Waals surface area contributed by atoms with Crippen molar-refractivity contribution in [3.63, 3.8) is 0 Å². The molecule has 1 amide bonds. The quantitative estimate of drug-likeness (QED) is 0.618. The van der Waals surface area contributed by atoms with Gasteiger partial charge in [-0.3, -0.25) is 4.79 Å². The Balaban J connectivity index is 3.98. The molecule has 64 valence electrons. The van der Waals surface area contributed by atoms with Crippen molar-refractivity contribution in [2.75, 3.05) is 0 Å². The molecule has 0 rings (SSSR count). The fourth-order valence-corrected chi connectivity index (χ4v) is 0.953. The van der Waals surface area contributed by atoms with E-state index in [4.69, 9.17) is 5.73 Å². The topological polar surface area (TPSA) is 43.1 Å². The van der Waals surface area contributed by atoms with Crippen molar-refractivity contribution in [1.29, 1.82) is 0 Å². The first-order valence-electron chi connectivity index (χ1n) is 4.02. The Morgan fingerprint density at radius 1 is 1.64 bits per heavy atom. The number of carbonyl (C=O) groups is 1. The van der Waals surface area contributed by atoms with Crippen LogP contribution in [-0.4, -0.2) is 5.91 Å². The van der Waals surface area contributed by atoms with E-state index in [2.05, 4.69) is 0 Å². The third-order valence-corrected chi connectivity index (χ3v) is 1.96. The second kappa shape index (κ2) is 4.94. The number of hydrogen-bond donors (Lipinski definition) is 1. The van der Waals surface area contributed by atoms with Gasteiger partial charge in [0.25, 0.3) is 0 Å². The summed E-state index contributed by atoms with van der Waals surface area (Å²) in [4.78, 5) is 10.8. The zero-order chi connectivity index (χ0) is 8.85. The highest BCUT2D eigenvalue weighted by Gasteiger charge is 2.12. The minimum Gasteiger partial charge on any atom is -0.369 e. The number of hydrogen-bond acceptors (Lipinski definition) is 1. The molecule has 0 aliphatic carbocycles. The average molecular weight is 155 g/mol. The minimum atomic E-state index is -0.186. The van der Waals surface area contributed by atoms with Crippen molar-refractivity contribution in [3.8, 4) is 0 Å². The van der Waals surface area contributed by atoms with Crippen LogP contribution in [0.15, 0.2) is 11.6 Å². The molecule has 0 heterocycles. The van der Waals surface area contributed by atoms with E-state index < -0.39 is 0 Å².